The minimum absolute atomic E-state index is 0.110. The van der Waals surface area contributed by atoms with Crippen LogP contribution < -0.4 is 9.64 Å². The lowest BCUT2D eigenvalue weighted by atomic mass is 10.1. The number of benzene rings is 2. The molecule has 1 aromatic heterocycles. The molecule has 0 N–H and O–H groups in total. The van der Waals surface area contributed by atoms with Crippen LogP contribution in [0.2, 0.25) is 0 Å². The molecule has 1 aliphatic rings. The largest absolute Gasteiger partial charge is 0.494 e. The molecule has 1 aliphatic heterocycles. The van der Waals surface area contributed by atoms with Gasteiger partial charge in [-0.2, -0.15) is 0 Å². The number of ether oxygens (including phenoxy) is 2. The van der Waals surface area contributed by atoms with Crippen molar-refractivity contribution in [2.45, 2.75) is 20.3 Å². The van der Waals surface area contributed by atoms with Gasteiger partial charge < -0.3 is 18.8 Å². The number of nitrogens with zero attached hydrogens (tertiary/aromatic N) is 1. The maximum absolute atomic E-state index is 12.5. The van der Waals surface area contributed by atoms with Crippen molar-refractivity contribution < 1.29 is 23.5 Å². The maximum Gasteiger partial charge on any atom is 0.375 e. The van der Waals surface area contributed by atoms with Crippen LogP contribution in [-0.2, 0) is 16.0 Å². The van der Waals surface area contributed by atoms with E-state index < -0.39 is 5.97 Å². The zero-order valence-corrected chi connectivity index (χ0v) is 15.9. The highest BCUT2D eigenvalue weighted by Gasteiger charge is 2.26. The highest BCUT2D eigenvalue weighted by molar-refractivity contribution is 6.00. The summed E-state index contributed by atoms with van der Waals surface area (Å²) in [4.78, 5) is 26.7. The zero-order valence-electron chi connectivity index (χ0n) is 15.9. The van der Waals surface area contributed by atoms with E-state index in [0.717, 1.165) is 23.1 Å². The summed E-state index contributed by atoms with van der Waals surface area (Å²) in [5.74, 6) is -0.0712. The maximum atomic E-state index is 12.5. The van der Waals surface area contributed by atoms with Crippen LogP contribution in [0.1, 0.15) is 28.6 Å². The van der Waals surface area contributed by atoms with Gasteiger partial charge in [-0.3, -0.25) is 4.79 Å². The van der Waals surface area contributed by atoms with Crippen LogP contribution >= 0.6 is 0 Å². The number of para-hydroxylation sites is 1. The number of aryl methyl sites for hydroxylation is 1. The number of hydrogen-bond donors (Lipinski definition) is 0. The lowest BCUT2D eigenvalue weighted by molar-refractivity contribution is -0.121. The summed E-state index contributed by atoms with van der Waals surface area (Å²) in [6, 6.07) is 13.1. The fourth-order valence-corrected chi connectivity index (χ4v) is 3.52. The van der Waals surface area contributed by atoms with Gasteiger partial charge in [-0.15, -0.1) is 0 Å². The van der Waals surface area contributed by atoms with Crippen LogP contribution in [-0.4, -0.2) is 31.6 Å². The van der Waals surface area contributed by atoms with Crippen molar-refractivity contribution in [1.29, 1.82) is 0 Å². The highest BCUT2D eigenvalue weighted by Crippen LogP contribution is 2.30. The van der Waals surface area contributed by atoms with Crippen molar-refractivity contribution >= 4 is 28.5 Å². The molecule has 0 spiro atoms. The Kier molecular flexibility index (Phi) is 4.77. The van der Waals surface area contributed by atoms with E-state index in [1.165, 1.54) is 0 Å². The van der Waals surface area contributed by atoms with Crippen molar-refractivity contribution in [3.8, 4) is 5.75 Å². The molecule has 0 saturated carbocycles. The molecule has 1 amide bonds. The number of carbonyl (C=O) groups is 2. The molecule has 0 fully saturated rings. The molecule has 28 heavy (non-hydrogen) atoms. The van der Waals surface area contributed by atoms with Crippen molar-refractivity contribution in [2.24, 2.45) is 0 Å². The van der Waals surface area contributed by atoms with E-state index in [9.17, 15) is 9.59 Å². The Labute approximate surface area is 162 Å². The Morgan fingerprint density at radius 3 is 2.82 bits per heavy atom. The molecule has 0 radical (unpaired) electrons. The molecule has 2 heterocycles. The van der Waals surface area contributed by atoms with Crippen molar-refractivity contribution in [3.05, 3.63) is 59.4 Å². The lowest BCUT2D eigenvalue weighted by Gasteiger charge is -2.16. The first-order valence-electron chi connectivity index (χ1n) is 9.30. The van der Waals surface area contributed by atoms with E-state index in [0.29, 0.717) is 30.0 Å². The standard InChI is InChI=1S/C22H21NO5/c1-3-26-16-8-9-19-17(12-16)14(2)21(28-19)22(25)27-13-20(24)23-11-10-15-6-4-5-7-18(15)23/h4-9,12H,3,10-11,13H2,1-2H3. The molecule has 0 bridgehead atoms. The summed E-state index contributed by atoms with van der Waals surface area (Å²) in [5, 5.41) is 0.790. The number of esters is 1. The Hall–Kier alpha value is -3.28. The van der Waals surface area contributed by atoms with Crippen LogP contribution in [0.15, 0.2) is 46.9 Å². The molecule has 6 nitrogen and oxygen atoms in total. The number of amides is 1. The predicted molar refractivity (Wildman–Crippen MR) is 105 cm³/mol. The number of hydrogen-bond acceptors (Lipinski definition) is 5. The van der Waals surface area contributed by atoms with Gasteiger partial charge in [0.05, 0.1) is 6.61 Å². The number of rotatable bonds is 5. The molecule has 144 valence electrons. The topological polar surface area (TPSA) is 69.0 Å². The molecule has 0 atom stereocenters. The summed E-state index contributed by atoms with van der Waals surface area (Å²) >= 11 is 0. The van der Waals surface area contributed by atoms with Crippen LogP contribution in [0.3, 0.4) is 0 Å². The number of anilines is 1. The summed E-state index contributed by atoms with van der Waals surface area (Å²) in [6.45, 7) is 4.52. The smallest absolute Gasteiger partial charge is 0.375 e. The molecule has 6 heteroatoms. The van der Waals surface area contributed by atoms with E-state index in [4.69, 9.17) is 13.9 Å². The Balaban J connectivity index is 1.47. The first-order valence-corrected chi connectivity index (χ1v) is 9.30. The highest BCUT2D eigenvalue weighted by atomic mass is 16.5. The van der Waals surface area contributed by atoms with Crippen LogP contribution in [0.5, 0.6) is 5.75 Å². The van der Waals surface area contributed by atoms with E-state index in [1.807, 2.05) is 37.3 Å². The van der Waals surface area contributed by atoms with Crippen LogP contribution in [0.4, 0.5) is 5.69 Å². The minimum atomic E-state index is -0.646. The average Bonchev–Trinajstić information content (AvgIpc) is 3.28. The quantitative estimate of drug-likeness (QED) is 0.629. The third-order valence-electron chi connectivity index (χ3n) is 4.92. The molecule has 0 unspecified atom stereocenters. The molecule has 0 aliphatic carbocycles. The normalized spacial score (nSPS) is 12.9. The molecular weight excluding hydrogens is 358 g/mol. The van der Waals surface area contributed by atoms with E-state index in [1.54, 1.807) is 24.0 Å². The van der Waals surface area contributed by atoms with Crippen molar-refractivity contribution in [2.75, 3.05) is 24.7 Å². The monoisotopic (exact) mass is 379 g/mol. The first kappa shape index (κ1) is 18.1. The fraction of sp³-hybridized carbons (Fsp3) is 0.273. The second-order valence-electron chi connectivity index (χ2n) is 6.65. The molecular formula is C22H21NO5. The van der Waals surface area contributed by atoms with Gasteiger partial charge in [-0.25, -0.2) is 4.79 Å². The van der Waals surface area contributed by atoms with E-state index in [-0.39, 0.29) is 18.3 Å². The average molecular weight is 379 g/mol. The van der Waals surface area contributed by atoms with Gasteiger partial charge in [0.1, 0.15) is 11.3 Å². The summed E-state index contributed by atoms with van der Waals surface area (Å²) in [6.07, 6.45) is 0.806. The summed E-state index contributed by atoms with van der Waals surface area (Å²) in [7, 11) is 0. The first-order chi connectivity index (χ1) is 13.6. The fourth-order valence-electron chi connectivity index (χ4n) is 3.52. The number of carbonyl (C=O) groups excluding carboxylic acids is 2. The summed E-state index contributed by atoms with van der Waals surface area (Å²) in [5.41, 5.74) is 3.25. The van der Waals surface area contributed by atoms with Gasteiger partial charge in [-0.05, 0) is 50.1 Å². The van der Waals surface area contributed by atoms with Gasteiger partial charge in [0.25, 0.3) is 5.91 Å². The Morgan fingerprint density at radius 1 is 1.18 bits per heavy atom. The van der Waals surface area contributed by atoms with Crippen molar-refractivity contribution in [3.63, 3.8) is 0 Å². The van der Waals surface area contributed by atoms with Gasteiger partial charge >= 0.3 is 5.97 Å². The van der Waals surface area contributed by atoms with Gasteiger partial charge in [0.2, 0.25) is 5.76 Å². The van der Waals surface area contributed by atoms with E-state index >= 15 is 0 Å². The van der Waals surface area contributed by atoms with Gasteiger partial charge in [0.15, 0.2) is 6.61 Å². The molecule has 3 aromatic rings. The minimum Gasteiger partial charge on any atom is -0.494 e. The van der Waals surface area contributed by atoms with Gasteiger partial charge in [-0.1, -0.05) is 18.2 Å². The van der Waals surface area contributed by atoms with Gasteiger partial charge in [0, 0.05) is 23.2 Å². The number of fused-ring (bicyclic) bond motifs is 2. The second-order valence-corrected chi connectivity index (χ2v) is 6.65. The summed E-state index contributed by atoms with van der Waals surface area (Å²) < 4.78 is 16.4. The van der Waals surface area contributed by atoms with Crippen LogP contribution in [0, 0.1) is 6.92 Å². The van der Waals surface area contributed by atoms with E-state index in [2.05, 4.69) is 0 Å². The Bertz CT molecular complexity index is 1050. The van der Waals surface area contributed by atoms with Crippen LogP contribution in [0.25, 0.3) is 11.0 Å². The third kappa shape index (κ3) is 3.22. The number of furan rings is 1. The van der Waals surface area contributed by atoms with Crippen molar-refractivity contribution in [1.82, 2.24) is 0 Å². The zero-order chi connectivity index (χ0) is 19.7. The molecule has 0 saturated heterocycles. The Morgan fingerprint density at radius 2 is 2.00 bits per heavy atom. The SMILES string of the molecule is CCOc1ccc2oc(C(=O)OCC(=O)N3CCc4ccccc43)c(C)c2c1. The molecule has 4 rings (SSSR count). The molecule has 2 aromatic carbocycles. The predicted octanol–water partition coefficient (Wildman–Crippen LogP) is 3.89. The second kappa shape index (κ2) is 7.38. The third-order valence-corrected chi connectivity index (χ3v) is 4.92. The lowest BCUT2D eigenvalue weighted by Crippen LogP contribution is -2.33.